The van der Waals surface area contributed by atoms with Crippen molar-refractivity contribution in [2.24, 2.45) is 0 Å². The Kier molecular flexibility index (Phi) is 4.28. The number of fused-ring (bicyclic) bond motifs is 8. The van der Waals surface area contributed by atoms with Crippen molar-refractivity contribution in [1.29, 1.82) is 0 Å². The van der Waals surface area contributed by atoms with Crippen LogP contribution in [0.4, 0.5) is 13.2 Å². The quantitative estimate of drug-likeness (QED) is 0.342. The summed E-state index contributed by atoms with van der Waals surface area (Å²) in [6.45, 7) is 0. The largest absolute Gasteiger partial charge is 0.573 e. The van der Waals surface area contributed by atoms with Crippen molar-refractivity contribution in [2.75, 3.05) is 0 Å². The number of nitrogens with one attached hydrogen (secondary N) is 2. The highest BCUT2D eigenvalue weighted by Crippen LogP contribution is 2.38. The topological polar surface area (TPSA) is 66.6 Å². The van der Waals surface area contributed by atoms with Gasteiger partial charge >= 0.3 is 6.36 Å². The summed E-state index contributed by atoms with van der Waals surface area (Å²) in [7, 11) is 0. The van der Waals surface area contributed by atoms with Gasteiger partial charge in [-0.3, -0.25) is 0 Å². The number of rotatable bonds is 1. The zero-order valence-electron chi connectivity index (χ0n) is 15.1. The molecule has 0 atom stereocenters. The average Bonchev–Trinajstić information content (AvgIpc) is 3.43. The molecule has 0 aliphatic carbocycles. The minimum absolute atomic E-state index is 0.0413. The number of aromatic nitrogens is 4. The first-order chi connectivity index (χ1) is 14.3. The van der Waals surface area contributed by atoms with E-state index in [9.17, 15) is 13.2 Å². The third kappa shape index (κ3) is 3.76. The summed E-state index contributed by atoms with van der Waals surface area (Å²) in [4.78, 5) is 15.0. The Morgan fingerprint density at radius 1 is 0.800 bits per heavy atom. The van der Waals surface area contributed by atoms with Gasteiger partial charge in [0.1, 0.15) is 5.69 Å². The van der Waals surface area contributed by atoms with Crippen LogP contribution in [0.15, 0.2) is 42.5 Å². The number of ether oxygens (including phenoxy) is 1. The monoisotopic (exact) mass is 472 g/mol. The highest BCUT2D eigenvalue weighted by atomic mass is 79.9. The molecule has 0 aromatic carbocycles. The summed E-state index contributed by atoms with van der Waals surface area (Å²) in [5, 5.41) is 0. The van der Waals surface area contributed by atoms with E-state index in [2.05, 4.69) is 40.6 Å². The van der Waals surface area contributed by atoms with Gasteiger partial charge in [0.15, 0.2) is 5.75 Å². The van der Waals surface area contributed by atoms with Gasteiger partial charge in [0.05, 0.1) is 22.6 Å². The Morgan fingerprint density at radius 3 is 2.23 bits per heavy atom. The van der Waals surface area contributed by atoms with E-state index in [1.165, 1.54) is 6.07 Å². The maximum absolute atomic E-state index is 13.1. The molecule has 2 N–H and O–H groups in total. The van der Waals surface area contributed by atoms with E-state index in [1.54, 1.807) is 24.3 Å². The van der Waals surface area contributed by atoms with Gasteiger partial charge in [0.2, 0.25) is 0 Å². The molecular weight excluding hydrogens is 461 g/mol. The summed E-state index contributed by atoms with van der Waals surface area (Å²) in [6, 6.07) is 12.4. The highest BCUT2D eigenvalue weighted by Gasteiger charge is 2.34. The molecule has 30 heavy (non-hydrogen) atoms. The van der Waals surface area contributed by atoms with Crippen LogP contribution in [0, 0.1) is 0 Å². The van der Waals surface area contributed by atoms with Crippen LogP contribution in [0.5, 0.6) is 5.75 Å². The molecule has 5 rings (SSSR count). The molecule has 0 saturated carbocycles. The van der Waals surface area contributed by atoms with Crippen LogP contribution in [0.1, 0.15) is 22.8 Å². The van der Waals surface area contributed by atoms with Gasteiger partial charge < -0.3 is 14.7 Å². The minimum Gasteiger partial charge on any atom is -0.401 e. The van der Waals surface area contributed by atoms with E-state index in [4.69, 9.17) is 0 Å². The molecule has 5 nitrogen and oxygen atoms in total. The lowest BCUT2D eigenvalue weighted by Crippen LogP contribution is -2.18. The number of hydrogen-bond donors (Lipinski definition) is 2. The second-order valence-electron chi connectivity index (χ2n) is 6.68. The summed E-state index contributed by atoms with van der Waals surface area (Å²) >= 11 is 3.30. The van der Waals surface area contributed by atoms with Crippen molar-refractivity contribution in [3.05, 3.63) is 65.2 Å². The number of nitrogens with zero attached hydrogens (tertiary/aromatic N) is 2. The summed E-state index contributed by atoms with van der Waals surface area (Å²) in [5.41, 5.74) is 4.30. The number of H-pyrrole nitrogens is 2. The van der Waals surface area contributed by atoms with Crippen LogP contribution in [0.2, 0.25) is 0 Å². The van der Waals surface area contributed by atoms with Crippen LogP contribution < -0.4 is 4.74 Å². The zero-order chi connectivity index (χ0) is 20.9. The van der Waals surface area contributed by atoms with Gasteiger partial charge in [-0.2, -0.15) is 0 Å². The maximum Gasteiger partial charge on any atom is 0.573 e. The van der Waals surface area contributed by atoms with E-state index in [0.717, 1.165) is 16.7 Å². The van der Waals surface area contributed by atoms with E-state index < -0.39 is 12.1 Å². The van der Waals surface area contributed by atoms with E-state index in [-0.39, 0.29) is 11.2 Å². The molecule has 2 aliphatic heterocycles. The number of halogens is 4. The zero-order valence-corrected chi connectivity index (χ0v) is 16.7. The normalized spacial score (nSPS) is 13.4. The SMILES string of the molecule is FC(F)(F)Oc1c2nc(cc3nc(cc4ccc(cc5ccc1[nH]5)[nH]4)C=C3)C=C2Br. The summed E-state index contributed by atoms with van der Waals surface area (Å²) in [5.74, 6) is -0.419. The van der Waals surface area contributed by atoms with Crippen molar-refractivity contribution in [3.8, 4) is 5.75 Å². The average molecular weight is 473 g/mol. The Labute approximate surface area is 176 Å². The summed E-state index contributed by atoms with van der Waals surface area (Å²) < 4.78 is 44.2. The predicted octanol–water partition coefficient (Wildman–Crippen LogP) is 6.28. The van der Waals surface area contributed by atoms with Crippen LogP contribution in [-0.4, -0.2) is 26.3 Å². The molecule has 0 spiro atoms. The van der Waals surface area contributed by atoms with Crippen molar-refractivity contribution in [2.45, 2.75) is 6.36 Å². The molecule has 150 valence electrons. The lowest BCUT2D eigenvalue weighted by molar-refractivity contribution is -0.274. The fraction of sp³-hybridized carbons (Fsp3) is 0.0476. The van der Waals surface area contributed by atoms with Gasteiger partial charge in [-0.15, -0.1) is 13.2 Å². The van der Waals surface area contributed by atoms with E-state index >= 15 is 0 Å². The Morgan fingerprint density at radius 2 is 1.47 bits per heavy atom. The van der Waals surface area contributed by atoms with E-state index in [0.29, 0.717) is 21.4 Å². The molecule has 0 unspecified atom stereocenters. The fourth-order valence-electron chi connectivity index (χ4n) is 3.25. The first kappa shape index (κ1) is 18.7. The molecule has 0 radical (unpaired) electrons. The molecule has 9 heteroatoms. The lowest BCUT2D eigenvalue weighted by atomic mass is 10.3. The molecule has 0 amide bonds. The second kappa shape index (κ2) is 6.88. The third-order valence-corrected chi connectivity index (χ3v) is 5.06. The number of alkyl halides is 3. The predicted molar refractivity (Wildman–Crippen MR) is 113 cm³/mol. The fourth-order valence-corrected chi connectivity index (χ4v) is 3.76. The van der Waals surface area contributed by atoms with Crippen molar-refractivity contribution in [1.82, 2.24) is 19.9 Å². The third-order valence-electron chi connectivity index (χ3n) is 4.45. The van der Waals surface area contributed by atoms with Crippen LogP contribution >= 0.6 is 15.9 Å². The molecule has 3 aromatic heterocycles. The smallest absolute Gasteiger partial charge is 0.401 e. The number of aromatic amines is 2. The molecule has 8 bridgehead atoms. The Balaban J connectivity index is 1.87. The molecule has 5 heterocycles. The molecule has 0 saturated heterocycles. The second-order valence-corrected chi connectivity index (χ2v) is 7.53. The minimum atomic E-state index is -4.88. The summed E-state index contributed by atoms with van der Waals surface area (Å²) in [6.07, 6.45) is 0.419. The van der Waals surface area contributed by atoms with E-state index in [1.807, 2.05) is 30.4 Å². The lowest BCUT2D eigenvalue weighted by Gasteiger charge is -2.10. The maximum atomic E-state index is 13.1. The van der Waals surface area contributed by atoms with Crippen LogP contribution in [-0.2, 0) is 0 Å². The standard InChI is InChI=1S/C21H12BrF3N4O/c22-17-10-16-9-14-4-3-12(27-14)7-11-1-2-13(26-11)8-15-5-6-18(28-15)20(19(17)29-16)30-21(23,24)25/h1-10,26,28H. The van der Waals surface area contributed by atoms with Crippen LogP contribution in [0.3, 0.4) is 0 Å². The Bertz CT molecular complexity index is 1380. The molecule has 0 fully saturated rings. The van der Waals surface area contributed by atoms with Crippen molar-refractivity contribution in [3.63, 3.8) is 0 Å². The molecular formula is C21H12BrF3N4O. The van der Waals surface area contributed by atoms with Crippen molar-refractivity contribution < 1.29 is 17.9 Å². The van der Waals surface area contributed by atoms with Gasteiger partial charge in [-0.1, -0.05) is 0 Å². The first-order valence-electron chi connectivity index (χ1n) is 8.85. The molecule has 3 aromatic rings. The molecule has 2 aliphatic rings. The van der Waals surface area contributed by atoms with Gasteiger partial charge in [-0.05, 0) is 76.6 Å². The highest BCUT2D eigenvalue weighted by molar-refractivity contribution is 9.15. The first-order valence-corrected chi connectivity index (χ1v) is 9.64. The van der Waals surface area contributed by atoms with Crippen molar-refractivity contribution >= 4 is 60.7 Å². The Hall–Kier alpha value is -3.33. The van der Waals surface area contributed by atoms with Gasteiger partial charge in [0, 0.05) is 21.0 Å². The van der Waals surface area contributed by atoms with Crippen LogP contribution in [0.25, 0.3) is 44.8 Å². The number of hydrogen-bond acceptors (Lipinski definition) is 3. The van der Waals surface area contributed by atoms with Gasteiger partial charge in [-0.25, -0.2) is 9.97 Å². The van der Waals surface area contributed by atoms with Gasteiger partial charge in [0.25, 0.3) is 0 Å².